The van der Waals surface area contributed by atoms with E-state index in [1.807, 2.05) is 0 Å². The molecule has 68 heavy (non-hydrogen) atoms. The summed E-state index contributed by atoms with van der Waals surface area (Å²) >= 11 is 0. The number of carbonyl (C=O) groups is 1. The molecule has 396 valence electrons. The molecule has 20 N–H and O–H groups in total. The predicted molar refractivity (Wildman–Crippen MR) is 200 cm³/mol. The van der Waals surface area contributed by atoms with Gasteiger partial charge in [-0.15, -0.1) is 0 Å². The fourth-order valence-corrected chi connectivity index (χ4v) is 7.97. The van der Waals surface area contributed by atoms with Crippen molar-refractivity contribution < 1.29 is 159 Å². The van der Waals surface area contributed by atoms with Gasteiger partial charge >= 0.3 is 5.97 Å². The van der Waals surface area contributed by atoms with Crippen LogP contribution in [0.1, 0.15) is 0 Å². The first-order valence-electron chi connectivity index (χ1n) is 21.1. The van der Waals surface area contributed by atoms with Crippen LogP contribution in [0, 0.1) is 0 Å². The van der Waals surface area contributed by atoms with Crippen molar-refractivity contribution in [2.75, 3.05) is 33.0 Å². The van der Waals surface area contributed by atoms with E-state index in [9.17, 15) is 107 Å². The molecular formula is C36H60O32. The molecule has 30 atom stereocenters. The molecule has 0 aliphatic carbocycles. The summed E-state index contributed by atoms with van der Waals surface area (Å²) in [7, 11) is 0. The summed E-state index contributed by atoms with van der Waals surface area (Å²) in [6.07, 6.45) is -56.5. The lowest BCUT2D eigenvalue weighted by Gasteiger charge is -2.44. The molecule has 15 unspecified atom stereocenters. The van der Waals surface area contributed by atoms with Crippen molar-refractivity contribution in [3.05, 3.63) is 0 Å². The van der Waals surface area contributed by atoms with Gasteiger partial charge in [0.1, 0.15) is 140 Å². The number of carboxylic acids is 1. The number of aliphatic hydroxyl groups excluding tert-OH is 19. The summed E-state index contributed by atoms with van der Waals surface area (Å²) in [6.45, 7) is -3.93. The van der Waals surface area contributed by atoms with Gasteiger partial charge < -0.3 is 154 Å². The van der Waals surface area contributed by atoms with Crippen molar-refractivity contribution in [3.8, 4) is 0 Å². The minimum absolute atomic E-state index is 0.700. The van der Waals surface area contributed by atoms with Crippen LogP contribution in [0.3, 0.4) is 0 Å². The maximum atomic E-state index is 11.4. The van der Waals surface area contributed by atoms with Gasteiger partial charge in [-0.2, -0.15) is 0 Å². The van der Waals surface area contributed by atoms with E-state index >= 15 is 0 Å². The number of carboxylic acid groups (broad SMARTS) is 1. The lowest BCUT2D eigenvalue weighted by Crippen LogP contribution is -2.63. The monoisotopic (exact) mass is 1000 g/mol. The Bertz CT molecular complexity index is 1590. The fraction of sp³-hybridized carbons (Fsp3) is 0.972. The molecule has 6 heterocycles. The highest BCUT2D eigenvalue weighted by Crippen LogP contribution is 2.31. The average molecular weight is 1000 g/mol. The molecule has 0 aromatic carbocycles. The van der Waals surface area contributed by atoms with Gasteiger partial charge in [0.15, 0.2) is 43.8 Å². The first-order valence-corrected chi connectivity index (χ1v) is 21.1. The third-order valence-electron chi connectivity index (χ3n) is 12.3. The molecule has 0 saturated carbocycles. The first-order chi connectivity index (χ1) is 31.9. The van der Waals surface area contributed by atoms with E-state index < -0.39 is 223 Å². The largest absolute Gasteiger partial charge is 0.479 e. The van der Waals surface area contributed by atoms with Crippen LogP contribution >= 0.6 is 0 Å². The van der Waals surface area contributed by atoms with Gasteiger partial charge in [0.2, 0.25) is 0 Å². The number of aliphatic carboxylic acids is 1. The predicted octanol–water partition coefficient (Wildman–Crippen LogP) is -14.0. The average Bonchev–Trinajstić information content (AvgIpc) is 3.31. The third kappa shape index (κ3) is 11.9. The van der Waals surface area contributed by atoms with Crippen molar-refractivity contribution in [1.29, 1.82) is 0 Å². The summed E-state index contributed by atoms with van der Waals surface area (Å²) in [5, 5.41) is 206. The summed E-state index contributed by atoms with van der Waals surface area (Å²) in [5.41, 5.74) is 0. The van der Waals surface area contributed by atoms with Crippen molar-refractivity contribution in [1.82, 2.24) is 0 Å². The highest BCUT2D eigenvalue weighted by Gasteiger charge is 2.53. The normalized spacial score (nSPS) is 52.7. The molecule has 6 fully saturated rings. The minimum atomic E-state index is -2.05. The molecule has 6 rings (SSSR count). The Morgan fingerprint density at radius 2 is 0.500 bits per heavy atom. The zero-order valence-electron chi connectivity index (χ0n) is 35.2. The number of ether oxygens (including phenoxy) is 11. The zero-order valence-corrected chi connectivity index (χ0v) is 35.2. The standard InChI is InChI=1S/C36H60O32/c37-11-6(63-31(57)23(49)16(11)42)1-58-32-24(50)17(43)12(38)7(64-32)2-59-33-25(51)18(44)13(39)8(65-33)3-60-34-26(52)19(45)14(40)9(66-34)4-61-35-27(53)20(46)15(41)10(67-35)5-62-36-28(54)21(47)22(48)29(68-36)30(55)56/h6-29,31-54,57H,1-5H2,(H,55,56)/t6?,7?,8?,9-,10?,11-,12?,13-,14?,15-,16?,17+,18?,19+,20?,21+,22?,23-,24?,25-,26?,27-,28?,29+,31+,32-,33?,34-,35?,36-/m1/s1. The van der Waals surface area contributed by atoms with Crippen LogP contribution in [0.15, 0.2) is 0 Å². The Hall–Kier alpha value is -1.73. The number of hydrogen-bond acceptors (Lipinski definition) is 31. The van der Waals surface area contributed by atoms with E-state index in [1.54, 1.807) is 0 Å². The van der Waals surface area contributed by atoms with Gasteiger partial charge in [-0.25, -0.2) is 4.79 Å². The fourth-order valence-electron chi connectivity index (χ4n) is 7.97. The second kappa shape index (κ2) is 23.4. The zero-order chi connectivity index (χ0) is 50.2. The Morgan fingerprint density at radius 1 is 0.279 bits per heavy atom. The molecule has 0 bridgehead atoms. The van der Waals surface area contributed by atoms with E-state index in [4.69, 9.17) is 52.1 Å². The Labute approximate surface area is 382 Å². The molecule has 32 nitrogen and oxygen atoms in total. The molecule has 6 saturated heterocycles. The van der Waals surface area contributed by atoms with Gasteiger partial charge in [-0.1, -0.05) is 0 Å². The molecule has 0 spiro atoms. The molecule has 0 amide bonds. The van der Waals surface area contributed by atoms with Crippen LogP contribution in [-0.4, -0.2) is 325 Å². The van der Waals surface area contributed by atoms with Crippen LogP contribution in [0.25, 0.3) is 0 Å². The van der Waals surface area contributed by atoms with Gasteiger partial charge in [-0.05, 0) is 0 Å². The van der Waals surface area contributed by atoms with E-state index in [0.717, 1.165) is 0 Å². The van der Waals surface area contributed by atoms with Crippen molar-refractivity contribution in [2.45, 2.75) is 184 Å². The molecule has 0 radical (unpaired) electrons. The van der Waals surface area contributed by atoms with E-state index in [-0.39, 0.29) is 0 Å². The summed E-state index contributed by atoms with van der Waals surface area (Å²) in [6, 6.07) is 0. The van der Waals surface area contributed by atoms with Crippen LogP contribution in [0.5, 0.6) is 0 Å². The lowest BCUT2D eigenvalue weighted by atomic mass is 9.97. The van der Waals surface area contributed by atoms with Gasteiger partial charge in [0, 0.05) is 0 Å². The molecule has 0 aromatic heterocycles. The Kier molecular flexibility index (Phi) is 19.2. The lowest BCUT2D eigenvalue weighted by molar-refractivity contribution is -0.351. The third-order valence-corrected chi connectivity index (χ3v) is 12.3. The van der Waals surface area contributed by atoms with Crippen molar-refractivity contribution in [2.24, 2.45) is 0 Å². The quantitative estimate of drug-likeness (QED) is 0.0683. The highest BCUT2D eigenvalue weighted by atomic mass is 16.8. The van der Waals surface area contributed by atoms with Crippen molar-refractivity contribution >= 4 is 5.97 Å². The maximum Gasteiger partial charge on any atom is 0.335 e. The molecule has 6 aliphatic heterocycles. The Morgan fingerprint density at radius 3 is 0.765 bits per heavy atom. The van der Waals surface area contributed by atoms with Gasteiger partial charge in [-0.3, -0.25) is 0 Å². The number of aliphatic hydroxyl groups is 19. The van der Waals surface area contributed by atoms with Crippen LogP contribution in [0.4, 0.5) is 0 Å². The first kappa shape index (κ1) is 55.6. The minimum Gasteiger partial charge on any atom is -0.479 e. The highest BCUT2D eigenvalue weighted by molar-refractivity contribution is 5.73. The van der Waals surface area contributed by atoms with Crippen LogP contribution in [-0.2, 0) is 56.9 Å². The summed E-state index contributed by atoms with van der Waals surface area (Å²) < 4.78 is 59.2. The van der Waals surface area contributed by atoms with E-state index in [2.05, 4.69) is 0 Å². The van der Waals surface area contributed by atoms with Gasteiger partial charge in [0.05, 0.1) is 33.0 Å². The van der Waals surface area contributed by atoms with E-state index in [1.165, 1.54) is 0 Å². The smallest absolute Gasteiger partial charge is 0.335 e. The van der Waals surface area contributed by atoms with Crippen LogP contribution in [0.2, 0.25) is 0 Å². The Balaban J connectivity index is 1.01. The van der Waals surface area contributed by atoms with Crippen LogP contribution < -0.4 is 0 Å². The van der Waals surface area contributed by atoms with Gasteiger partial charge in [0.25, 0.3) is 0 Å². The molecule has 6 aliphatic rings. The second-order valence-corrected chi connectivity index (χ2v) is 17.0. The van der Waals surface area contributed by atoms with E-state index in [0.29, 0.717) is 0 Å². The summed E-state index contributed by atoms with van der Waals surface area (Å²) in [4.78, 5) is 11.4. The summed E-state index contributed by atoms with van der Waals surface area (Å²) in [5.74, 6) is -1.71. The second-order valence-electron chi connectivity index (χ2n) is 17.0. The molecular weight excluding hydrogens is 944 g/mol. The van der Waals surface area contributed by atoms with Crippen molar-refractivity contribution in [3.63, 3.8) is 0 Å². The number of rotatable bonds is 16. The molecule has 32 heteroatoms. The molecule has 0 aromatic rings. The topological polar surface area (TPSA) is 523 Å². The number of hydrogen-bond donors (Lipinski definition) is 20. The SMILES string of the molecule is O=C(O)[C@H]1O[C@@H](OCC2OC(OC[C@H]3O[C@@H](OCC4OC(OCC5O[C@@H](OCC6O[C@H](O)[C@H](O)C(O)[C@@H]6O)C(O)[C@@H](O)C5O)[C@H](O)C(O)[C@@H]4O)C(O)[C@@H](O)C3O)[C@H](O)C(O)[C@@H]2O)C(O)[C@@H](O)C1O. The maximum absolute atomic E-state index is 11.4.